The van der Waals surface area contributed by atoms with Crippen molar-refractivity contribution in [3.8, 4) is 0 Å². The van der Waals surface area contributed by atoms with Crippen LogP contribution in [-0.4, -0.2) is 28.6 Å². The van der Waals surface area contributed by atoms with Gasteiger partial charge in [-0.15, -0.1) is 11.3 Å². The summed E-state index contributed by atoms with van der Waals surface area (Å²) in [6.45, 7) is 0.551. The Morgan fingerprint density at radius 1 is 1.24 bits per heavy atom. The highest BCUT2D eigenvalue weighted by atomic mass is 32.1. The summed E-state index contributed by atoms with van der Waals surface area (Å²) in [5.74, 6) is -0.801. The van der Waals surface area contributed by atoms with Crippen LogP contribution in [0.3, 0.4) is 0 Å². The minimum atomic E-state index is -0.810. The first-order chi connectivity index (χ1) is 10.1. The molecule has 2 rings (SSSR count). The zero-order valence-electron chi connectivity index (χ0n) is 11.9. The lowest BCUT2D eigenvalue weighted by Gasteiger charge is -2.28. The molecule has 116 valence electrons. The van der Waals surface area contributed by atoms with E-state index in [0.717, 1.165) is 30.7 Å². The van der Waals surface area contributed by atoms with Gasteiger partial charge in [-0.25, -0.2) is 9.78 Å². The number of aromatic nitrogens is 1. The van der Waals surface area contributed by atoms with Gasteiger partial charge in [-0.2, -0.15) is 0 Å². The number of rotatable bonds is 5. The standard InChI is InChI=1S/C14H21N3O3S/c18-12(19)14(5-3-1-2-4-6-14)10-17-13(20)16-9-11-15-7-8-21-11/h7-8H,1-6,9-10H2,(H,18,19)(H2,16,17,20). The molecule has 6 nitrogen and oxygen atoms in total. The van der Waals surface area contributed by atoms with E-state index < -0.39 is 11.4 Å². The van der Waals surface area contributed by atoms with Crippen molar-refractivity contribution in [1.29, 1.82) is 0 Å². The first-order valence-corrected chi connectivity index (χ1v) is 8.14. The van der Waals surface area contributed by atoms with Crippen LogP contribution in [0.15, 0.2) is 11.6 Å². The van der Waals surface area contributed by atoms with Gasteiger partial charge in [-0.05, 0) is 12.8 Å². The largest absolute Gasteiger partial charge is 0.481 e. The molecule has 0 aromatic carbocycles. The van der Waals surface area contributed by atoms with E-state index in [1.165, 1.54) is 11.3 Å². The van der Waals surface area contributed by atoms with Crippen LogP contribution in [0.25, 0.3) is 0 Å². The molecule has 0 atom stereocenters. The van der Waals surface area contributed by atoms with Gasteiger partial charge in [0.05, 0.1) is 12.0 Å². The molecule has 0 spiro atoms. The number of hydrogen-bond acceptors (Lipinski definition) is 4. The molecule has 0 saturated heterocycles. The minimum Gasteiger partial charge on any atom is -0.481 e. The average Bonchev–Trinajstić information content (AvgIpc) is 2.87. The summed E-state index contributed by atoms with van der Waals surface area (Å²) in [5.41, 5.74) is -0.810. The van der Waals surface area contributed by atoms with Crippen LogP contribution < -0.4 is 10.6 Å². The maximum Gasteiger partial charge on any atom is 0.315 e. The van der Waals surface area contributed by atoms with Crippen molar-refractivity contribution >= 4 is 23.3 Å². The van der Waals surface area contributed by atoms with Crippen molar-refractivity contribution in [2.75, 3.05) is 6.54 Å². The zero-order chi connectivity index (χ0) is 15.1. The third-order valence-electron chi connectivity index (χ3n) is 3.99. The molecule has 0 radical (unpaired) electrons. The minimum absolute atomic E-state index is 0.187. The highest BCUT2D eigenvalue weighted by molar-refractivity contribution is 7.09. The lowest BCUT2D eigenvalue weighted by molar-refractivity contribution is -0.149. The Bertz CT molecular complexity index is 468. The number of aliphatic carboxylic acids is 1. The number of urea groups is 1. The topological polar surface area (TPSA) is 91.3 Å². The number of hydrogen-bond donors (Lipinski definition) is 3. The SMILES string of the molecule is O=C(NCc1nccs1)NCC1(C(=O)O)CCCCCC1. The van der Waals surface area contributed by atoms with Crippen LogP contribution in [0.5, 0.6) is 0 Å². The molecule has 2 amide bonds. The lowest BCUT2D eigenvalue weighted by Crippen LogP contribution is -2.46. The number of carboxylic acid groups (broad SMARTS) is 1. The maximum atomic E-state index is 11.8. The smallest absolute Gasteiger partial charge is 0.315 e. The number of carbonyl (C=O) groups excluding carboxylic acids is 1. The Kier molecular flexibility index (Phi) is 5.55. The third-order valence-corrected chi connectivity index (χ3v) is 4.76. The molecule has 0 unspecified atom stereocenters. The van der Waals surface area contributed by atoms with Crippen molar-refractivity contribution in [2.45, 2.75) is 45.1 Å². The average molecular weight is 311 g/mol. The summed E-state index contributed by atoms with van der Waals surface area (Å²) >= 11 is 1.47. The molecule has 1 aliphatic carbocycles. The fourth-order valence-corrected chi connectivity index (χ4v) is 3.24. The van der Waals surface area contributed by atoms with E-state index >= 15 is 0 Å². The molecule has 0 bridgehead atoms. The van der Waals surface area contributed by atoms with Crippen LogP contribution in [0.2, 0.25) is 0 Å². The summed E-state index contributed by atoms with van der Waals surface area (Å²) < 4.78 is 0. The number of nitrogens with one attached hydrogen (secondary N) is 2. The van der Waals surface area contributed by atoms with E-state index in [1.54, 1.807) is 6.20 Å². The Hall–Kier alpha value is -1.63. The third kappa shape index (κ3) is 4.42. The predicted molar refractivity (Wildman–Crippen MR) is 80.1 cm³/mol. The molecule has 0 aliphatic heterocycles. The van der Waals surface area contributed by atoms with E-state index in [9.17, 15) is 14.7 Å². The number of carbonyl (C=O) groups is 2. The van der Waals surface area contributed by atoms with E-state index in [0.29, 0.717) is 19.4 Å². The second kappa shape index (κ2) is 7.40. The van der Waals surface area contributed by atoms with Gasteiger partial charge in [-0.1, -0.05) is 25.7 Å². The van der Waals surface area contributed by atoms with E-state index in [2.05, 4.69) is 15.6 Å². The second-order valence-electron chi connectivity index (χ2n) is 5.46. The normalized spacial score (nSPS) is 17.7. The molecule has 1 saturated carbocycles. The highest BCUT2D eigenvalue weighted by Gasteiger charge is 2.38. The van der Waals surface area contributed by atoms with E-state index in [1.807, 2.05) is 5.38 Å². The van der Waals surface area contributed by atoms with Gasteiger partial charge in [0.2, 0.25) is 0 Å². The zero-order valence-corrected chi connectivity index (χ0v) is 12.7. The maximum absolute atomic E-state index is 11.8. The Balaban J connectivity index is 1.83. The number of nitrogens with zero attached hydrogens (tertiary/aromatic N) is 1. The second-order valence-corrected chi connectivity index (χ2v) is 6.44. The Morgan fingerprint density at radius 3 is 2.52 bits per heavy atom. The summed E-state index contributed by atoms with van der Waals surface area (Å²) in [6, 6.07) is -0.338. The molecular formula is C14H21N3O3S. The summed E-state index contributed by atoms with van der Waals surface area (Å²) in [5, 5.41) is 17.6. The molecule has 1 aromatic heterocycles. The number of carboxylic acids is 1. The Labute approximate surface area is 128 Å². The predicted octanol–water partition coefficient (Wildman–Crippen LogP) is 2.37. The summed E-state index contributed by atoms with van der Waals surface area (Å²) in [7, 11) is 0. The summed E-state index contributed by atoms with van der Waals surface area (Å²) in [6.07, 6.45) is 6.93. The van der Waals surface area contributed by atoms with E-state index in [4.69, 9.17) is 0 Å². The van der Waals surface area contributed by atoms with Crippen LogP contribution in [0.1, 0.15) is 43.5 Å². The van der Waals surface area contributed by atoms with Crippen molar-refractivity contribution in [1.82, 2.24) is 15.6 Å². The van der Waals surface area contributed by atoms with Gasteiger partial charge in [-0.3, -0.25) is 4.79 Å². The molecule has 21 heavy (non-hydrogen) atoms. The quantitative estimate of drug-likeness (QED) is 0.728. The molecule has 1 fully saturated rings. The fourth-order valence-electron chi connectivity index (χ4n) is 2.68. The van der Waals surface area contributed by atoms with Gasteiger partial charge >= 0.3 is 12.0 Å². The molecule has 7 heteroatoms. The lowest BCUT2D eigenvalue weighted by atomic mass is 9.80. The van der Waals surface area contributed by atoms with Crippen molar-refractivity contribution in [2.24, 2.45) is 5.41 Å². The van der Waals surface area contributed by atoms with Gasteiger partial charge in [0.15, 0.2) is 0 Å². The molecule has 1 aromatic rings. The van der Waals surface area contributed by atoms with Crippen molar-refractivity contribution in [3.63, 3.8) is 0 Å². The van der Waals surface area contributed by atoms with Crippen molar-refractivity contribution in [3.05, 3.63) is 16.6 Å². The summed E-state index contributed by atoms with van der Waals surface area (Å²) in [4.78, 5) is 27.5. The van der Waals surface area contributed by atoms with Gasteiger partial charge in [0.25, 0.3) is 0 Å². The first kappa shape index (κ1) is 15.8. The first-order valence-electron chi connectivity index (χ1n) is 7.26. The monoisotopic (exact) mass is 311 g/mol. The van der Waals surface area contributed by atoms with Gasteiger partial charge < -0.3 is 15.7 Å². The van der Waals surface area contributed by atoms with Crippen LogP contribution in [-0.2, 0) is 11.3 Å². The number of amides is 2. The van der Waals surface area contributed by atoms with Gasteiger partial charge in [0, 0.05) is 18.1 Å². The fraction of sp³-hybridized carbons (Fsp3) is 0.643. The molecule has 3 N–H and O–H groups in total. The van der Waals surface area contributed by atoms with E-state index in [-0.39, 0.29) is 12.6 Å². The van der Waals surface area contributed by atoms with Crippen LogP contribution in [0, 0.1) is 5.41 Å². The highest BCUT2D eigenvalue weighted by Crippen LogP contribution is 2.34. The molecular weight excluding hydrogens is 290 g/mol. The number of thiazole rings is 1. The van der Waals surface area contributed by atoms with Crippen molar-refractivity contribution < 1.29 is 14.7 Å². The molecule has 1 aliphatic rings. The van der Waals surface area contributed by atoms with Gasteiger partial charge in [0.1, 0.15) is 5.01 Å². The Morgan fingerprint density at radius 2 is 1.95 bits per heavy atom. The van der Waals surface area contributed by atoms with Crippen LogP contribution >= 0.6 is 11.3 Å². The molecule has 1 heterocycles. The van der Waals surface area contributed by atoms with Crippen LogP contribution in [0.4, 0.5) is 4.79 Å².